The molecule has 0 spiro atoms. The van der Waals surface area contributed by atoms with Crippen molar-refractivity contribution in [2.45, 2.75) is 6.61 Å². The van der Waals surface area contributed by atoms with Crippen LogP contribution in [0.4, 0.5) is 16.2 Å². The number of carbonyl (C=O) groups is 2. The van der Waals surface area contributed by atoms with E-state index in [0.717, 1.165) is 4.47 Å². The van der Waals surface area contributed by atoms with Crippen LogP contribution in [-0.4, -0.2) is 26.2 Å². The molecule has 2 amide bonds. The molecule has 0 aliphatic rings. The van der Waals surface area contributed by atoms with Gasteiger partial charge in [0.05, 0.1) is 7.11 Å². The van der Waals surface area contributed by atoms with Gasteiger partial charge in [-0.2, -0.15) is 0 Å². The number of carbonyl (C=O) groups excluding carboxylic acids is 2. The number of hydrogen-bond donors (Lipinski definition) is 1. The van der Waals surface area contributed by atoms with Crippen molar-refractivity contribution in [1.82, 2.24) is 0 Å². The molecule has 0 bridgehead atoms. The van der Waals surface area contributed by atoms with E-state index in [9.17, 15) is 9.59 Å². The fraction of sp³-hybridized carbons (Fsp3) is 0.143. The molecule has 3 rings (SSSR count). The highest BCUT2D eigenvalue weighted by Crippen LogP contribution is 2.21. The maximum atomic E-state index is 12.4. The lowest BCUT2D eigenvalue weighted by Crippen LogP contribution is -2.25. The average Bonchev–Trinajstić information content (AvgIpc) is 3.21. The Morgan fingerprint density at radius 3 is 2.55 bits per heavy atom. The van der Waals surface area contributed by atoms with Crippen LogP contribution >= 0.6 is 15.9 Å². The predicted molar refractivity (Wildman–Crippen MR) is 112 cm³/mol. The van der Waals surface area contributed by atoms with Crippen LogP contribution in [0.5, 0.6) is 5.75 Å². The third-order valence-electron chi connectivity index (χ3n) is 4.02. The van der Waals surface area contributed by atoms with Crippen molar-refractivity contribution in [3.8, 4) is 5.75 Å². The van der Waals surface area contributed by atoms with E-state index in [1.54, 1.807) is 43.4 Å². The second-order valence-corrected chi connectivity index (χ2v) is 6.96. The number of rotatable bonds is 6. The number of hydrogen-bond acceptors (Lipinski definition) is 5. The Bertz CT molecular complexity index is 1000. The summed E-state index contributed by atoms with van der Waals surface area (Å²) in [5, 5.41) is 2.75. The number of ether oxygens (including phenoxy) is 2. The summed E-state index contributed by atoms with van der Waals surface area (Å²) in [6, 6.07) is 17.5. The maximum absolute atomic E-state index is 12.4. The second kappa shape index (κ2) is 9.29. The molecule has 2 aromatic carbocycles. The zero-order valence-corrected chi connectivity index (χ0v) is 17.4. The van der Waals surface area contributed by atoms with Gasteiger partial charge >= 0.3 is 6.09 Å². The van der Waals surface area contributed by atoms with Gasteiger partial charge in [0.15, 0.2) is 5.76 Å². The average molecular weight is 459 g/mol. The third-order valence-corrected chi connectivity index (χ3v) is 4.52. The minimum absolute atomic E-state index is 0.175. The molecule has 1 N–H and O–H groups in total. The summed E-state index contributed by atoms with van der Waals surface area (Å²) in [6.45, 7) is 0.207. The van der Waals surface area contributed by atoms with Crippen molar-refractivity contribution in [1.29, 1.82) is 0 Å². The summed E-state index contributed by atoms with van der Waals surface area (Å²) in [5.41, 5.74) is 1.21. The van der Waals surface area contributed by atoms with Gasteiger partial charge in [-0.05, 0) is 54.6 Å². The Balaban J connectivity index is 1.58. The van der Waals surface area contributed by atoms with Gasteiger partial charge < -0.3 is 19.2 Å². The predicted octanol–water partition coefficient (Wildman–Crippen LogP) is 5.08. The highest BCUT2D eigenvalue weighted by atomic mass is 79.9. The molecule has 0 atom stereocenters. The summed E-state index contributed by atoms with van der Waals surface area (Å²) in [7, 11) is 2.91. The number of nitrogens with one attached hydrogen (secondary N) is 1. The topological polar surface area (TPSA) is 81.0 Å². The number of anilines is 2. The van der Waals surface area contributed by atoms with E-state index in [4.69, 9.17) is 9.15 Å². The highest BCUT2D eigenvalue weighted by molar-refractivity contribution is 9.10. The van der Waals surface area contributed by atoms with E-state index in [0.29, 0.717) is 22.9 Å². The summed E-state index contributed by atoms with van der Waals surface area (Å²) in [4.78, 5) is 25.3. The Morgan fingerprint density at radius 2 is 1.86 bits per heavy atom. The second-order valence-electron chi connectivity index (χ2n) is 6.04. The maximum Gasteiger partial charge on any atom is 0.413 e. The highest BCUT2D eigenvalue weighted by Gasteiger charge is 2.14. The van der Waals surface area contributed by atoms with Crippen molar-refractivity contribution in [2.75, 3.05) is 24.4 Å². The third kappa shape index (κ3) is 5.39. The summed E-state index contributed by atoms with van der Waals surface area (Å²) >= 11 is 3.38. The standard InChI is InChI=1S/C21H19BrN2O5/c1-24(21(26)27-2)16-8-6-15(7-9-16)23-20(25)19-11-10-18(29-19)13-28-17-5-3-4-14(22)12-17/h3-12H,13H2,1-2H3,(H,23,25). The van der Waals surface area contributed by atoms with Crippen LogP contribution in [0.3, 0.4) is 0 Å². The summed E-state index contributed by atoms with van der Waals surface area (Å²) in [6.07, 6.45) is -0.477. The first-order valence-corrected chi connectivity index (χ1v) is 9.46. The Hall–Kier alpha value is -3.26. The lowest BCUT2D eigenvalue weighted by molar-refractivity contribution is 0.0992. The van der Waals surface area contributed by atoms with Gasteiger partial charge in [0.2, 0.25) is 0 Å². The van der Waals surface area contributed by atoms with E-state index in [1.807, 2.05) is 24.3 Å². The zero-order valence-electron chi connectivity index (χ0n) is 15.8. The van der Waals surface area contributed by atoms with Crippen LogP contribution in [0, 0.1) is 0 Å². The van der Waals surface area contributed by atoms with Crippen LogP contribution < -0.4 is 15.0 Å². The molecule has 1 heterocycles. The molecular formula is C21H19BrN2O5. The molecule has 1 aromatic heterocycles. The number of benzene rings is 2. The first kappa shape index (κ1) is 20.5. The van der Waals surface area contributed by atoms with Crippen molar-refractivity contribution in [3.05, 3.63) is 76.7 Å². The van der Waals surface area contributed by atoms with Crippen LogP contribution in [0.15, 0.2) is 69.6 Å². The van der Waals surface area contributed by atoms with Crippen LogP contribution in [0.25, 0.3) is 0 Å². The van der Waals surface area contributed by atoms with Crippen LogP contribution in [0.1, 0.15) is 16.3 Å². The zero-order chi connectivity index (χ0) is 20.8. The van der Waals surface area contributed by atoms with Gasteiger partial charge in [-0.1, -0.05) is 22.0 Å². The first-order chi connectivity index (χ1) is 14.0. The normalized spacial score (nSPS) is 10.3. The number of methoxy groups -OCH3 is 1. The Labute approximate surface area is 176 Å². The van der Waals surface area contributed by atoms with Gasteiger partial charge in [0, 0.05) is 22.9 Å². The fourth-order valence-electron chi connectivity index (χ4n) is 2.49. The quantitative estimate of drug-likeness (QED) is 0.557. The Morgan fingerprint density at radius 1 is 1.10 bits per heavy atom. The molecule has 7 nitrogen and oxygen atoms in total. The first-order valence-electron chi connectivity index (χ1n) is 8.66. The van der Waals surface area contributed by atoms with E-state index < -0.39 is 6.09 Å². The molecule has 0 saturated heterocycles. The monoisotopic (exact) mass is 458 g/mol. The molecule has 0 fully saturated rings. The molecule has 3 aromatic rings. The van der Waals surface area contributed by atoms with Crippen LogP contribution in [0.2, 0.25) is 0 Å². The number of amides is 2. The van der Waals surface area contributed by atoms with Gasteiger partial charge in [-0.3, -0.25) is 9.69 Å². The molecule has 0 aliphatic carbocycles. The smallest absolute Gasteiger partial charge is 0.413 e. The van der Waals surface area contributed by atoms with Crippen molar-refractivity contribution >= 4 is 39.3 Å². The largest absolute Gasteiger partial charge is 0.486 e. The molecule has 150 valence electrons. The lowest BCUT2D eigenvalue weighted by atomic mass is 10.2. The summed E-state index contributed by atoms with van der Waals surface area (Å²) < 4.78 is 16.8. The SMILES string of the molecule is COC(=O)N(C)c1ccc(NC(=O)c2ccc(COc3cccc(Br)c3)o2)cc1. The molecule has 0 unspecified atom stereocenters. The fourth-order valence-corrected chi connectivity index (χ4v) is 2.87. The minimum atomic E-state index is -0.477. The van der Waals surface area contributed by atoms with Crippen molar-refractivity contribution < 1.29 is 23.5 Å². The number of nitrogens with zero attached hydrogens (tertiary/aromatic N) is 1. The van der Waals surface area contributed by atoms with Gasteiger partial charge in [-0.15, -0.1) is 0 Å². The van der Waals surface area contributed by atoms with Crippen molar-refractivity contribution in [2.24, 2.45) is 0 Å². The van der Waals surface area contributed by atoms with Crippen LogP contribution in [-0.2, 0) is 11.3 Å². The van der Waals surface area contributed by atoms with E-state index >= 15 is 0 Å². The van der Waals surface area contributed by atoms with Gasteiger partial charge in [-0.25, -0.2) is 4.79 Å². The van der Waals surface area contributed by atoms with E-state index in [-0.39, 0.29) is 18.3 Å². The Kier molecular flexibility index (Phi) is 6.56. The molecule has 29 heavy (non-hydrogen) atoms. The number of halogens is 1. The van der Waals surface area contributed by atoms with Gasteiger partial charge in [0.25, 0.3) is 5.91 Å². The van der Waals surface area contributed by atoms with E-state index in [2.05, 4.69) is 26.0 Å². The number of furan rings is 1. The summed E-state index contributed by atoms with van der Waals surface area (Å²) in [5.74, 6) is 1.02. The molecule has 0 saturated carbocycles. The minimum Gasteiger partial charge on any atom is -0.486 e. The molecule has 0 aliphatic heterocycles. The molecular weight excluding hydrogens is 440 g/mol. The van der Waals surface area contributed by atoms with Gasteiger partial charge in [0.1, 0.15) is 18.1 Å². The van der Waals surface area contributed by atoms with E-state index in [1.165, 1.54) is 12.0 Å². The molecule has 8 heteroatoms. The molecule has 0 radical (unpaired) electrons. The van der Waals surface area contributed by atoms with Crippen molar-refractivity contribution in [3.63, 3.8) is 0 Å². The lowest BCUT2D eigenvalue weighted by Gasteiger charge is -2.15.